The zero-order valence-electron chi connectivity index (χ0n) is 12.3. The van der Waals surface area contributed by atoms with Crippen LogP contribution >= 0.6 is 11.8 Å². The molecule has 10 heteroatoms. The molecule has 0 fully saturated rings. The lowest BCUT2D eigenvalue weighted by molar-refractivity contribution is -0.146. The highest BCUT2D eigenvalue weighted by Gasteiger charge is 2.38. The third kappa shape index (κ3) is 4.15. The van der Waals surface area contributed by atoms with E-state index in [-0.39, 0.29) is 11.1 Å². The number of hydrogen-bond donors (Lipinski definition) is 2. The number of benzene rings is 1. The largest absolute Gasteiger partial charge is 0.453 e. The highest BCUT2D eigenvalue weighted by molar-refractivity contribution is 8.00. The molecule has 0 saturated heterocycles. The number of anilines is 1. The number of aryl methyl sites for hydroxylation is 1. The van der Waals surface area contributed by atoms with E-state index in [1.54, 1.807) is 18.2 Å². The fraction of sp³-hybridized carbons (Fsp3) is 0.308. The van der Waals surface area contributed by atoms with Crippen molar-refractivity contribution in [3.8, 4) is 0 Å². The van der Waals surface area contributed by atoms with Gasteiger partial charge in [0.25, 0.3) is 5.82 Å². The Balaban J connectivity index is 2.06. The standard InChI is InChI=1S/C13H14F3N5OS/c1-7-4-3-5-9(6-7)18-10(22)8(2)23-12-20-19-11(21(12)17)13(14,15)16/h3-6,8H,17H2,1-2H3,(H,18,22)/t8-/m1/s1. The average Bonchev–Trinajstić information content (AvgIpc) is 2.80. The van der Waals surface area contributed by atoms with Crippen molar-refractivity contribution in [2.24, 2.45) is 0 Å². The minimum Gasteiger partial charge on any atom is -0.335 e. The Morgan fingerprint density at radius 2 is 2.09 bits per heavy atom. The lowest BCUT2D eigenvalue weighted by Gasteiger charge is -2.12. The van der Waals surface area contributed by atoms with Gasteiger partial charge in [-0.15, -0.1) is 10.2 Å². The van der Waals surface area contributed by atoms with Gasteiger partial charge in [-0.25, -0.2) is 4.68 Å². The van der Waals surface area contributed by atoms with Gasteiger partial charge < -0.3 is 11.2 Å². The summed E-state index contributed by atoms with van der Waals surface area (Å²) in [6.07, 6.45) is -4.70. The molecule has 2 aromatic rings. The number of rotatable bonds is 4. The molecule has 1 atom stereocenters. The van der Waals surface area contributed by atoms with E-state index in [0.29, 0.717) is 10.4 Å². The number of nitrogens with one attached hydrogen (secondary N) is 1. The van der Waals surface area contributed by atoms with Crippen LogP contribution in [0.15, 0.2) is 29.4 Å². The Morgan fingerprint density at radius 1 is 1.39 bits per heavy atom. The second-order valence-electron chi connectivity index (χ2n) is 4.79. The van der Waals surface area contributed by atoms with Gasteiger partial charge in [-0.2, -0.15) is 13.2 Å². The molecule has 0 unspecified atom stereocenters. The van der Waals surface area contributed by atoms with E-state index in [0.717, 1.165) is 17.3 Å². The number of hydrogen-bond acceptors (Lipinski definition) is 5. The molecule has 1 aromatic carbocycles. The summed E-state index contributed by atoms with van der Waals surface area (Å²) in [7, 11) is 0. The zero-order chi connectivity index (χ0) is 17.2. The van der Waals surface area contributed by atoms with Crippen molar-refractivity contribution in [1.82, 2.24) is 14.9 Å². The van der Waals surface area contributed by atoms with Crippen molar-refractivity contribution >= 4 is 23.4 Å². The first kappa shape index (κ1) is 17.1. The second-order valence-corrected chi connectivity index (χ2v) is 6.10. The minimum absolute atomic E-state index is 0.191. The molecule has 0 aliphatic rings. The predicted molar refractivity (Wildman–Crippen MR) is 80.3 cm³/mol. The topological polar surface area (TPSA) is 85.8 Å². The summed E-state index contributed by atoms with van der Waals surface area (Å²) >= 11 is 0.791. The van der Waals surface area contributed by atoms with Gasteiger partial charge in [-0.3, -0.25) is 4.79 Å². The number of halogens is 3. The molecule has 23 heavy (non-hydrogen) atoms. The molecule has 0 bridgehead atoms. The van der Waals surface area contributed by atoms with Crippen molar-refractivity contribution in [3.05, 3.63) is 35.7 Å². The van der Waals surface area contributed by atoms with Crippen LogP contribution in [0.5, 0.6) is 0 Å². The summed E-state index contributed by atoms with van der Waals surface area (Å²) in [5.74, 6) is 3.64. The van der Waals surface area contributed by atoms with E-state index >= 15 is 0 Å². The first-order valence-corrected chi connectivity index (χ1v) is 7.38. The number of alkyl halides is 3. The smallest absolute Gasteiger partial charge is 0.335 e. The average molecular weight is 345 g/mol. The molecule has 124 valence electrons. The normalized spacial score (nSPS) is 12.9. The number of carbonyl (C=O) groups is 1. The fourth-order valence-electron chi connectivity index (χ4n) is 1.73. The second kappa shape index (κ2) is 6.49. The van der Waals surface area contributed by atoms with Gasteiger partial charge in [-0.05, 0) is 31.5 Å². The van der Waals surface area contributed by atoms with Crippen molar-refractivity contribution in [2.45, 2.75) is 30.4 Å². The Morgan fingerprint density at radius 3 is 2.65 bits per heavy atom. The first-order valence-electron chi connectivity index (χ1n) is 6.50. The summed E-state index contributed by atoms with van der Waals surface area (Å²) in [5.41, 5.74) is 1.58. The van der Waals surface area contributed by atoms with Gasteiger partial charge in [0, 0.05) is 5.69 Å². The van der Waals surface area contributed by atoms with Crippen LogP contribution in [0.3, 0.4) is 0 Å². The maximum absolute atomic E-state index is 12.6. The number of nitrogens with zero attached hydrogens (tertiary/aromatic N) is 3. The van der Waals surface area contributed by atoms with E-state index in [1.807, 2.05) is 13.0 Å². The van der Waals surface area contributed by atoms with Crippen molar-refractivity contribution in [1.29, 1.82) is 0 Å². The molecule has 0 spiro atoms. The van der Waals surface area contributed by atoms with Gasteiger partial charge in [-0.1, -0.05) is 23.9 Å². The number of carbonyl (C=O) groups excluding carboxylic acids is 1. The van der Waals surface area contributed by atoms with Crippen LogP contribution in [0.25, 0.3) is 0 Å². The van der Waals surface area contributed by atoms with Gasteiger partial charge in [0.2, 0.25) is 11.1 Å². The number of amides is 1. The van der Waals surface area contributed by atoms with Gasteiger partial charge >= 0.3 is 6.18 Å². The molecule has 3 N–H and O–H groups in total. The third-order valence-corrected chi connectivity index (χ3v) is 3.91. The van der Waals surface area contributed by atoms with Crippen LogP contribution in [-0.2, 0) is 11.0 Å². The van der Waals surface area contributed by atoms with Crippen molar-refractivity contribution in [3.63, 3.8) is 0 Å². The lowest BCUT2D eigenvalue weighted by Crippen LogP contribution is -2.25. The molecular formula is C13H14F3N5OS. The van der Waals surface area contributed by atoms with E-state index in [1.165, 1.54) is 6.92 Å². The van der Waals surface area contributed by atoms with Crippen LogP contribution in [-0.4, -0.2) is 26.0 Å². The lowest BCUT2D eigenvalue weighted by atomic mass is 10.2. The molecule has 0 saturated carbocycles. The number of nitrogens with two attached hydrogens (primary N) is 1. The van der Waals surface area contributed by atoms with Crippen LogP contribution in [0.2, 0.25) is 0 Å². The summed E-state index contributed by atoms with van der Waals surface area (Å²) in [5, 5.41) is 8.17. The molecule has 2 rings (SSSR count). The molecule has 1 heterocycles. The summed E-state index contributed by atoms with van der Waals surface area (Å²) in [4.78, 5) is 12.1. The monoisotopic (exact) mass is 345 g/mol. The molecule has 0 aliphatic carbocycles. The Hall–Kier alpha value is -2.23. The number of nitrogen functional groups attached to an aromatic ring is 1. The maximum Gasteiger partial charge on any atom is 0.453 e. The van der Waals surface area contributed by atoms with E-state index in [4.69, 9.17) is 5.84 Å². The van der Waals surface area contributed by atoms with Crippen molar-refractivity contribution in [2.75, 3.05) is 11.2 Å². The Bertz CT molecular complexity index is 716. The Kier molecular flexibility index (Phi) is 4.83. The summed E-state index contributed by atoms with van der Waals surface area (Å²) < 4.78 is 38.1. The maximum atomic E-state index is 12.6. The quantitative estimate of drug-likeness (QED) is 0.657. The molecule has 0 radical (unpaired) electrons. The van der Waals surface area contributed by atoms with Crippen molar-refractivity contribution < 1.29 is 18.0 Å². The molecule has 1 aromatic heterocycles. The van der Waals surface area contributed by atoms with Gasteiger partial charge in [0.15, 0.2) is 0 Å². The zero-order valence-corrected chi connectivity index (χ0v) is 13.1. The van der Waals surface area contributed by atoms with Gasteiger partial charge in [0.1, 0.15) is 0 Å². The highest BCUT2D eigenvalue weighted by atomic mass is 32.2. The van der Waals surface area contributed by atoms with Crippen LogP contribution < -0.4 is 11.2 Å². The predicted octanol–water partition coefficient (Wildman–Crippen LogP) is 2.44. The van der Waals surface area contributed by atoms with E-state index < -0.39 is 17.3 Å². The minimum atomic E-state index is -4.70. The summed E-state index contributed by atoms with van der Waals surface area (Å²) in [6.45, 7) is 3.42. The summed E-state index contributed by atoms with van der Waals surface area (Å²) in [6, 6.07) is 7.16. The van der Waals surface area contributed by atoms with Crippen LogP contribution in [0.4, 0.5) is 18.9 Å². The number of aromatic nitrogens is 3. The van der Waals surface area contributed by atoms with Crippen LogP contribution in [0.1, 0.15) is 18.3 Å². The number of thioether (sulfide) groups is 1. The molecule has 6 nitrogen and oxygen atoms in total. The fourth-order valence-corrected chi connectivity index (χ4v) is 2.50. The highest BCUT2D eigenvalue weighted by Crippen LogP contribution is 2.30. The molecule has 1 amide bonds. The third-order valence-electron chi connectivity index (χ3n) is 2.86. The van der Waals surface area contributed by atoms with E-state index in [9.17, 15) is 18.0 Å². The molecular weight excluding hydrogens is 331 g/mol. The van der Waals surface area contributed by atoms with Gasteiger partial charge in [0.05, 0.1) is 5.25 Å². The van der Waals surface area contributed by atoms with Crippen LogP contribution in [0, 0.1) is 6.92 Å². The Labute approximate surface area is 134 Å². The first-order chi connectivity index (χ1) is 10.7. The molecule has 0 aliphatic heterocycles. The van der Waals surface area contributed by atoms with E-state index in [2.05, 4.69) is 15.5 Å². The SMILES string of the molecule is Cc1cccc(NC(=O)[C@@H](C)Sc2nnc(C(F)(F)F)n2N)c1.